The summed E-state index contributed by atoms with van der Waals surface area (Å²) in [7, 11) is 1.62. The molecule has 1 aromatic rings. The Balaban J connectivity index is 2.51. The van der Waals surface area contributed by atoms with E-state index in [0.717, 1.165) is 23.3 Å². The summed E-state index contributed by atoms with van der Waals surface area (Å²) in [6, 6.07) is 1.91. The van der Waals surface area contributed by atoms with Crippen LogP contribution in [0.5, 0.6) is 0 Å². The number of carbonyl (C=O) groups excluding carboxylic acids is 1. The van der Waals surface area contributed by atoms with Gasteiger partial charge >= 0.3 is 0 Å². The number of carbonyl (C=O) groups is 1. The summed E-state index contributed by atoms with van der Waals surface area (Å²) in [5.74, 6) is 0.290. The number of ether oxygens (including phenoxy) is 1. The molecule has 1 atom stereocenters. The van der Waals surface area contributed by atoms with E-state index < -0.39 is 0 Å². The summed E-state index contributed by atoms with van der Waals surface area (Å²) in [6.45, 7) is 3.30. The molecule has 5 heteroatoms. The highest BCUT2D eigenvalue weighted by Crippen LogP contribution is 2.17. The number of amides is 1. The first-order valence-electron chi connectivity index (χ1n) is 6.17. The van der Waals surface area contributed by atoms with Gasteiger partial charge in [-0.1, -0.05) is 13.3 Å². The number of methoxy groups -OCH3 is 1. The zero-order valence-electron chi connectivity index (χ0n) is 10.9. The lowest BCUT2D eigenvalue weighted by molar-refractivity contribution is 0.0943. The van der Waals surface area contributed by atoms with Crippen molar-refractivity contribution in [3.8, 4) is 0 Å². The Hall–Kier alpha value is -0.910. The Morgan fingerprint density at radius 3 is 3.00 bits per heavy atom. The summed E-state index contributed by atoms with van der Waals surface area (Å²) in [5, 5.41) is 13.7. The minimum Gasteiger partial charge on any atom is -0.396 e. The van der Waals surface area contributed by atoms with Crippen LogP contribution in [-0.4, -0.2) is 31.3 Å². The van der Waals surface area contributed by atoms with Gasteiger partial charge in [0.15, 0.2) is 0 Å². The van der Waals surface area contributed by atoms with Gasteiger partial charge in [0.25, 0.3) is 5.91 Å². The molecule has 1 rings (SSSR count). The van der Waals surface area contributed by atoms with Crippen LogP contribution in [0.4, 0.5) is 0 Å². The van der Waals surface area contributed by atoms with Crippen LogP contribution in [0.15, 0.2) is 11.4 Å². The first-order valence-corrected chi connectivity index (χ1v) is 7.05. The fraction of sp³-hybridized carbons (Fsp3) is 0.615. The van der Waals surface area contributed by atoms with Crippen LogP contribution in [0.1, 0.15) is 35.0 Å². The average Bonchev–Trinajstić information content (AvgIpc) is 2.83. The number of thiophene rings is 1. The predicted molar refractivity (Wildman–Crippen MR) is 72.8 cm³/mol. The van der Waals surface area contributed by atoms with Gasteiger partial charge in [0.1, 0.15) is 0 Å². The molecule has 0 aliphatic heterocycles. The highest BCUT2D eigenvalue weighted by Gasteiger charge is 2.14. The Kier molecular flexibility index (Phi) is 6.93. The highest BCUT2D eigenvalue weighted by molar-refractivity contribution is 7.12. The van der Waals surface area contributed by atoms with Gasteiger partial charge in [0, 0.05) is 25.8 Å². The van der Waals surface area contributed by atoms with Gasteiger partial charge in [-0.25, -0.2) is 0 Å². The normalized spacial score (nSPS) is 12.4. The lowest BCUT2D eigenvalue weighted by Crippen LogP contribution is -2.29. The molecular formula is C13H21NO3S. The Morgan fingerprint density at radius 1 is 1.61 bits per heavy atom. The van der Waals surface area contributed by atoms with E-state index in [1.54, 1.807) is 7.11 Å². The number of nitrogens with one attached hydrogen (secondary N) is 1. The molecule has 1 heterocycles. The molecule has 4 nitrogen and oxygen atoms in total. The van der Waals surface area contributed by atoms with Crippen LogP contribution >= 0.6 is 11.3 Å². The molecule has 0 bridgehead atoms. The maximum Gasteiger partial charge on any atom is 0.261 e. The molecule has 0 aliphatic carbocycles. The lowest BCUT2D eigenvalue weighted by atomic mass is 10.0. The first-order chi connectivity index (χ1) is 8.72. The van der Waals surface area contributed by atoms with E-state index in [1.165, 1.54) is 11.3 Å². The third kappa shape index (κ3) is 4.40. The van der Waals surface area contributed by atoms with Crippen molar-refractivity contribution in [3.63, 3.8) is 0 Å². The summed E-state index contributed by atoms with van der Waals surface area (Å²) >= 11 is 1.43. The fourth-order valence-electron chi connectivity index (χ4n) is 1.75. The van der Waals surface area contributed by atoms with Crippen LogP contribution < -0.4 is 5.32 Å². The maximum atomic E-state index is 12.0. The summed E-state index contributed by atoms with van der Waals surface area (Å²) in [4.78, 5) is 12.7. The minimum absolute atomic E-state index is 0.0477. The fourth-order valence-corrected chi connectivity index (χ4v) is 2.58. The van der Waals surface area contributed by atoms with Crippen molar-refractivity contribution in [2.24, 2.45) is 5.92 Å². The van der Waals surface area contributed by atoms with Crippen molar-refractivity contribution < 1.29 is 14.6 Å². The second-order valence-electron chi connectivity index (χ2n) is 4.20. The summed E-state index contributed by atoms with van der Waals surface area (Å²) in [5.41, 5.74) is 0.926. The van der Waals surface area contributed by atoms with E-state index >= 15 is 0 Å². The zero-order chi connectivity index (χ0) is 13.4. The third-order valence-electron chi connectivity index (χ3n) is 2.92. The maximum absolute atomic E-state index is 12.0. The topological polar surface area (TPSA) is 58.6 Å². The molecule has 0 aromatic carbocycles. The number of rotatable bonds is 8. The predicted octanol–water partition coefficient (Wildman–Crippen LogP) is 2.03. The third-order valence-corrected chi connectivity index (χ3v) is 3.87. The van der Waals surface area contributed by atoms with Crippen molar-refractivity contribution in [3.05, 3.63) is 21.9 Å². The van der Waals surface area contributed by atoms with E-state index in [0.29, 0.717) is 19.1 Å². The lowest BCUT2D eigenvalue weighted by Gasteiger charge is -2.14. The second-order valence-corrected chi connectivity index (χ2v) is 5.12. The van der Waals surface area contributed by atoms with E-state index in [-0.39, 0.29) is 12.5 Å². The van der Waals surface area contributed by atoms with Crippen LogP contribution in [0.25, 0.3) is 0 Å². The van der Waals surface area contributed by atoms with E-state index in [1.807, 2.05) is 11.4 Å². The monoisotopic (exact) mass is 271 g/mol. The van der Waals surface area contributed by atoms with Crippen molar-refractivity contribution in [1.29, 1.82) is 0 Å². The second kappa shape index (κ2) is 8.24. The number of aliphatic hydroxyl groups excluding tert-OH is 1. The quantitative estimate of drug-likeness (QED) is 0.760. The smallest absolute Gasteiger partial charge is 0.261 e. The van der Waals surface area contributed by atoms with Gasteiger partial charge < -0.3 is 15.2 Å². The molecule has 0 radical (unpaired) electrons. The number of hydrogen-bond donors (Lipinski definition) is 2. The molecule has 0 aliphatic rings. The van der Waals surface area contributed by atoms with Gasteiger partial charge in [0.05, 0.1) is 11.5 Å². The van der Waals surface area contributed by atoms with Crippen LogP contribution in [0, 0.1) is 5.92 Å². The van der Waals surface area contributed by atoms with Crippen molar-refractivity contribution in [2.75, 3.05) is 20.3 Å². The zero-order valence-corrected chi connectivity index (χ0v) is 11.8. The summed E-state index contributed by atoms with van der Waals surface area (Å²) in [6.07, 6.45) is 1.68. The highest BCUT2D eigenvalue weighted by atomic mass is 32.1. The van der Waals surface area contributed by atoms with Crippen LogP contribution in [0.3, 0.4) is 0 Å². The molecule has 0 saturated heterocycles. The van der Waals surface area contributed by atoms with E-state index in [4.69, 9.17) is 9.84 Å². The summed E-state index contributed by atoms with van der Waals surface area (Å²) < 4.78 is 5.06. The Labute approximate surface area is 112 Å². The van der Waals surface area contributed by atoms with Crippen molar-refractivity contribution in [1.82, 2.24) is 5.32 Å². The van der Waals surface area contributed by atoms with Gasteiger partial charge in [-0.15, -0.1) is 11.3 Å². The van der Waals surface area contributed by atoms with Gasteiger partial charge in [0.2, 0.25) is 0 Å². The van der Waals surface area contributed by atoms with E-state index in [9.17, 15) is 4.79 Å². The van der Waals surface area contributed by atoms with Gasteiger partial charge in [-0.05, 0) is 23.8 Å². The molecule has 1 aromatic heterocycles. The van der Waals surface area contributed by atoms with Crippen molar-refractivity contribution in [2.45, 2.75) is 26.4 Å². The molecule has 2 N–H and O–H groups in total. The van der Waals surface area contributed by atoms with E-state index in [2.05, 4.69) is 12.2 Å². The van der Waals surface area contributed by atoms with Crippen molar-refractivity contribution >= 4 is 17.2 Å². The number of hydrogen-bond acceptors (Lipinski definition) is 4. The van der Waals surface area contributed by atoms with Crippen LogP contribution in [0.2, 0.25) is 0 Å². The average molecular weight is 271 g/mol. The minimum atomic E-state index is -0.0477. The van der Waals surface area contributed by atoms with Gasteiger partial charge in [-0.3, -0.25) is 4.79 Å². The molecule has 0 spiro atoms. The Bertz CT molecular complexity index is 365. The SMILES string of the molecule is CCC(CCO)CNC(=O)c1sccc1COC. The standard InChI is InChI=1S/C13H21NO3S/c1-3-10(4-6-15)8-14-13(16)12-11(9-17-2)5-7-18-12/h5,7,10,15H,3-4,6,8-9H2,1-2H3,(H,14,16). The first kappa shape index (κ1) is 15.1. The largest absolute Gasteiger partial charge is 0.396 e. The molecule has 0 saturated carbocycles. The van der Waals surface area contributed by atoms with Gasteiger partial charge in [-0.2, -0.15) is 0 Å². The molecule has 1 unspecified atom stereocenters. The molecular weight excluding hydrogens is 250 g/mol. The van der Waals surface area contributed by atoms with Crippen LogP contribution in [-0.2, 0) is 11.3 Å². The molecule has 1 amide bonds. The Morgan fingerprint density at radius 2 is 2.39 bits per heavy atom. The molecule has 0 fully saturated rings. The number of aliphatic hydroxyl groups is 1. The molecule has 18 heavy (non-hydrogen) atoms. The molecule has 102 valence electrons.